The third kappa shape index (κ3) is 4.75. The van der Waals surface area contributed by atoms with Crippen LogP contribution in [-0.4, -0.2) is 31.6 Å². The quantitative estimate of drug-likeness (QED) is 0.383. The Labute approximate surface area is 191 Å². The molecule has 1 N–H and O–H groups in total. The van der Waals surface area contributed by atoms with Gasteiger partial charge in [0.25, 0.3) is 0 Å². The first-order valence-corrected chi connectivity index (χ1v) is 10.9. The number of hydrogen-bond donors (Lipinski definition) is 1. The lowest BCUT2D eigenvalue weighted by Crippen LogP contribution is -2.23. The van der Waals surface area contributed by atoms with Crippen LogP contribution in [0.1, 0.15) is 11.3 Å². The van der Waals surface area contributed by atoms with Crippen LogP contribution in [0, 0.1) is 0 Å². The number of benzene rings is 2. The molecule has 2 aromatic carbocycles. The van der Waals surface area contributed by atoms with Crippen molar-refractivity contribution in [3.05, 3.63) is 115 Å². The zero-order valence-corrected chi connectivity index (χ0v) is 18.0. The van der Waals surface area contributed by atoms with E-state index in [1.165, 1.54) is 0 Å². The molecule has 3 aromatic heterocycles. The van der Waals surface area contributed by atoms with Gasteiger partial charge in [0.05, 0.1) is 17.1 Å². The molecule has 3 heterocycles. The van der Waals surface area contributed by atoms with Crippen LogP contribution in [0.2, 0.25) is 0 Å². The maximum absolute atomic E-state index is 12.5. The van der Waals surface area contributed by atoms with Crippen LogP contribution < -0.4 is 5.32 Å². The summed E-state index contributed by atoms with van der Waals surface area (Å²) in [6, 6.07) is 25.8. The largest absolute Gasteiger partial charge is 0.352 e. The highest BCUT2D eigenvalue weighted by Crippen LogP contribution is 2.24. The number of nitrogens with zero attached hydrogens (tertiary/aromatic N) is 4. The topological polar surface area (TPSA) is 64.2 Å². The van der Waals surface area contributed by atoms with Gasteiger partial charge in [0.1, 0.15) is 5.65 Å². The lowest BCUT2D eigenvalue weighted by Gasteiger charge is -2.00. The molecular weight excluding hydrogens is 410 g/mol. The summed E-state index contributed by atoms with van der Waals surface area (Å²) in [5, 5.41) is 7.72. The van der Waals surface area contributed by atoms with Crippen molar-refractivity contribution in [3.63, 3.8) is 0 Å². The first-order chi connectivity index (χ1) is 16.3. The number of carbonyl (C=O) groups excluding carboxylic acids is 1. The lowest BCUT2D eigenvalue weighted by molar-refractivity contribution is -0.116. The maximum atomic E-state index is 12.5. The van der Waals surface area contributed by atoms with Crippen molar-refractivity contribution in [2.45, 2.75) is 6.42 Å². The van der Waals surface area contributed by atoms with Crippen molar-refractivity contribution in [1.82, 2.24) is 24.5 Å². The highest BCUT2D eigenvalue weighted by Gasteiger charge is 2.10. The van der Waals surface area contributed by atoms with Gasteiger partial charge in [-0.25, -0.2) is 9.67 Å². The minimum Gasteiger partial charge on any atom is -0.352 e. The number of hydrogen-bond acceptors (Lipinski definition) is 3. The molecule has 5 aromatic rings. The number of aromatic nitrogens is 4. The minimum absolute atomic E-state index is 0.148. The van der Waals surface area contributed by atoms with Gasteiger partial charge in [-0.05, 0) is 30.3 Å². The Kier molecular flexibility index (Phi) is 5.80. The summed E-state index contributed by atoms with van der Waals surface area (Å²) in [6.07, 6.45) is 9.94. The van der Waals surface area contributed by atoms with Crippen LogP contribution in [0.25, 0.3) is 28.7 Å². The second-order valence-electron chi connectivity index (χ2n) is 7.65. The van der Waals surface area contributed by atoms with Crippen molar-refractivity contribution in [1.29, 1.82) is 0 Å². The summed E-state index contributed by atoms with van der Waals surface area (Å²) < 4.78 is 3.82. The molecule has 0 saturated carbocycles. The first-order valence-electron chi connectivity index (χ1n) is 10.9. The smallest absolute Gasteiger partial charge is 0.244 e. The SMILES string of the molecule is O=C(/C=C/c1cn(-c2ccccc2)nc1-c1ccccc1)NCCc1cn2ccccc2n1. The fourth-order valence-electron chi connectivity index (χ4n) is 3.69. The molecule has 1 amide bonds. The molecule has 6 nitrogen and oxygen atoms in total. The Morgan fingerprint density at radius 3 is 2.45 bits per heavy atom. The van der Waals surface area contributed by atoms with Crippen molar-refractivity contribution in [2.75, 3.05) is 6.54 Å². The normalized spacial score (nSPS) is 11.3. The van der Waals surface area contributed by atoms with Gasteiger partial charge < -0.3 is 9.72 Å². The van der Waals surface area contributed by atoms with Crippen LogP contribution in [-0.2, 0) is 11.2 Å². The first kappa shape index (κ1) is 20.5. The highest BCUT2D eigenvalue weighted by atomic mass is 16.1. The monoisotopic (exact) mass is 433 g/mol. The fraction of sp³-hybridized carbons (Fsp3) is 0.0741. The summed E-state index contributed by atoms with van der Waals surface area (Å²) in [5.41, 5.74) is 5.52. The van der Waals surface area contributed by atoms with Crippen molar-refractivity contribution in [2.24, 2.45) is 0 Å². The number of amides is 1. The van der Waals surface area contributed by atoms with E-state index in [2.05, 4.69) is 10.3 Å². The Hall–Kier alpha value is -4.45. The van der Waals surface area contributed by atoms with Crippen molar-refractivity contribution >= 4 is 17.6 Å². The van der Waals surface area contributed by atoms with Gasteiger partial charge >= 0.3 is 0 Å². The molecule has 5 rings (SSSR count). The number of nitrogens with one attached hydrogen (secondary N) is 1. The Morgan fingerprint density at radius 2 is 1.67 bits per heavy atom. The molecular formula is C27H23N5O. The number of fused-ring (bicyclic) bond motifs is 1. The van der Waals surface area contributed by atoms with Gasteiger partial charge in [-0.1, -0.05) is 54.6 Å². The zero-order valence-electron chi connectivity index (χ0n) is 18.0. The van der Waals surface area contributed by atoms with Crippen LogP contribution in [0.5, 0.6) is 0 Å². The zero-order chi connectivity index (χ0) is 22.5. The molecule has 0 spiro atoms. The van der Waals surface area contributed by atoms with Gasteiger partial charge in [0.15, 0.2) is 0 Å². The van der Waals surface area contributed by atoms with Gasteiger partial charge in [0, 0.05) is 48.8 Å². The molecule has 0 unspecified atom stereocenters. The van der Waals surface area contributed by atoms with E-state index < -0.39 is 0 Å². The van der Waals surface area contributed by atoms with Crippen molar-refractivity contribution < 1.29 is 4.79 Å². The molecule has 33 heavy (non-hydrogen) atoms. The number of pyridine rings is 1. The van der Waals surface area contributed by atoms with Crippen LogP contribution in [0.4, 0.5) is 0 Å². The molecule has 0 aliphatic heterocycles. The van der Waals surface area contributed by atoms with E-state index in [4.69, 9.17) is 5.10 Å². The molecule has 0 aliphatic rings. The summed E-state index contributed by atoms with van der Waals surface area (Å²) in [5.74, 6) is -0.148. The molecule has 0 fully saturated rings. The third-order valence-electron chi connectivity index (χ3n) is 5.32. The van der Waals surface area contributed by atoms with Crippen LogP contribution >= 0.6 is 0 Å². The molecule has 0 atom stereocenters. The maximum Gasteiger partial charge on any atom is 0.244 e. The second-order valence-corrected chi connectivity index (χ2v) is 7.65. The van der Waals surface area contributed by atoms with Crippen LogP contribution in [0.3, 0.4) is 0 Å². The van der Waals surface area contributed by atoms with E-state index in [0.29, 0.717) is 13.0 Å². The number of para-hydroxylation sites is 1. The molecule has 0 saturated heterocycles. The average Bonchev–Trinajstić information content (AvgIpc) is 3.48. The van der Waals surface area contributed by atoms with Crippen molar-refractivity contribution in [3.8, 4) is 16.9 Å². The van der Waals surface area contributed by atoms with Gasteiger partial charge in [0.2, 0.25) is 5.91 Å². The van der Waals surface area contributed by atoms with E-state index in [9.17, 15) is 4.79 Å². The fourth-order valence-corrected chi connectivity index (χ4v) is 3.69. The molecule has 6 heteroatoms. The van der Waals surface area contributed by atoms with Gasteiger partial charge in [-0.15, -0.1) is 0 Å². The standard InChI is InChI=1S/C27H23N5O/c33-26(28-17-16-23-20-31-18-8-7-13-25(31)29-23)15-14-22-19-32(24-11-5-2-6-12-24)30-27(22)21-9-3-1-4-10-21/h1-15,18-20H,16-17H2,(H,28,33)/b15-14+. The predicted molar refractivity (Wildman–Crippen MR) is 130 cm³/mol. The van der Waals surface area contributed by atoms with E-state index in [0.717, 1.165) is 33.8 Å². The summed E-state index contributed by atoms with van der Waals surface area (Å²) in [4.78, 5) is 17.0. The molecule has 0 bridgehead atoms. The van der Waals surface area contributed by atoms with E-state index in [-0.39, 0.29) is 5.91 Å². The summed E-state index contributed by atoms with van der Waals surface area (Å²) in [7, 11) is 0. The minimum atomic E-state index is -0.148. The Balaban J connectivity index is 1.29. The number of imidazole rings is 1. The predicted octanol–water partition coefficient (Wildman–Crippen LogP) is 4.56. The summed E-state index contributed by atoms with van der Waals surface area (Å²) in [6.45, 7) is 0.516. The van der Waals surface area contributed by atoms with Gasteiger partial charge in [-0.2, -0.15) is 5.10 Å². The third-order valence-corrected chi connectivity index (χ3v) is 5.32. The highest BCUT2D eigenvalue weighted by molar-refractivity contribution is 5.92. The van der Waals surface area contributed by atoms with Crippen LogP contribution in [0.15, 0.2) is 104 Å². The molecule has 162 valence electrons. The van der Waals surface area contributed by atoms with E-state index in [1.54, 1.807) is 6.08 Å². The summed E-state index contributed by atoms with van der Waals surface area (Å²) >= 11 is 0. The van der Waals surface area contributed by atoms with Gasteiger partial charge in [-0.3, -0.25) is 4.79 Å². The second kappa shape index (κ2) is 9.36. The number of rotatable bonds is 7. The van der Waals surface area contributed by atoms with E-state index in [1.807, 2.05) is 113 Å². The van der Waals surface area contributed by atoms with E-state index >= 15 is 0 Å². The Morgan fingerprint density at radius 1 is 0.909 bits per heavy atom. The number of carbonyl (C=O) groups is 1. The molecule has 0 aliphatic carbocycles. The average molecular weight is 434 g/mol. The Bertz CT molecular complexity index is 1370. The lowest BCUT2D eigenvalue weighted by atomic mass is 10.1. The molecule has 0 radical (unpaired) electrons.